The van der Waals surface area contributed by atoms with Crippen molar-refractivity contribution in [2.75, 3.05) is 27.9 Å². The van der Waals surface area contributed by atoms with Crippen LogP contribution >= 0.6 is 0 Å². The van der Waals surface area contributed by atoms with Crippen molar-refractivity contribution in [1.29, 1.82) is 0 Å². The van der Waals surface area contributed by atoms with E-state index in [0.29, 0.717) is 13.0 Å². The van der Waals surface area contributed by atoms with Crippen molar-refractivity contribution in [2.24, 2.45) is 5.92 Å². The van der Waals surface area contributed by atoms with Crippen LogP contribution in [-0.4, -0.2) is 88.1 Å². The fraction of sp³-hybridized carbons (Fsp3) is 0.724. The minimum Gasteiger partial charge on any atom is -0.469 e. The van der Waals surface area contributed by atoms with E-state index in [9.17, 15) is 9.59 Å². The predicted octanol–water partition coefficient (Wildman–Crippen LogP) is 3.27. The first-order chi connectivity index (χ1) is 18.1. The van der Waals surface area contributed by atoms with Gasteiger partial charge in [-0.2, -0.15) is 0 Å². The highest BCUT2D eigenvalue weighted by atomic mass is 16.6. The number of carbonyl (C=O) groups excluding carboxylic acids is 2. The number of amides is 1. The summed E-state index contributed by atoms with van der Waals surface area (Å²) in [5.74, 6) is -0.139. The lowest BCUT2D eigenvalue weighted by Crippen LogP contribution is -2.51. The summed E-state index contributed by atoms with van der Waals surface area (Å²) in [6.07, 6.45) is 10.9. The molecule has 1 N–H and O–H groups in total. The average Bonchev–Trinajstić information content (AvgIpc) is 3.65. The summed E-state index contributed by atoms with van der Waals surface area (Å²) in [5.41, 5.74) is 0.685. The lowest BCUT2D eigenvalue weighted by atomic mass is 9.87. The van der Waals surface area contributed by atoms with Gasteiger partial charge in [0.15, 0.2) is 0 Å². The highest BCUT2D eigenvalue weighted by Gasteiger charge is 2.59. The Labute approximate surface area is 226 Å². The molecular weight excluding hydrogens is 490 g/mol. The molecular formula is C29H45NO8. The van der Waals surface area contributed by atoms with E-state index in [1.807, 2.05) is 32.9 Å². The molecule has 9 heteroatoms. The molecule has 38 heavy (non-hydrogen) atoms. The van der Waals surface area contributed by atoms with Gasteiger partial charge in [0, 0.05) is 26.7 Å². The number of methoxy groups -OCH3 is 3. The van der Waals surface area contributed by atoms with E-state index in [-0.39, 0.29) is 66.9 Å². The molecule has 0 bridgehead atoms. The Morgan fingerprint density at radius 2 is 1.89 bits per heavy atom. The summed E-state index contributed by atoms with van der Waals surface area (Å²) in [6.45, 7) is 8.70. The summed E-state index contributed by atoms with van der Waals surface area (Å²) >= 11 is 0. The van der Waals surface area contributed by atoms with E-state index in [0.717, 1.165) is 18.4 Å². The number of nitrogens with one attached hydrogen (secondary N) is 1. The molecule has 1 spiro atoms. The van der Waals surface area contributed by atoms with Crippen LogP contribution in [0.15, 0.2) is 36.0 Å². The smallest absolute Gasteiger partial charge is 0.308 e. The van der Waals surface area contributed by atoms with E-state index >= 15 is 0 Å². The number of carbonyl (C=O) groups is 2. The molecule has 3 saturated heterocycles. The van der Waals surface area contributed by atoms with Crippen molar-refractivity contribution in [1.82, 2.24) is 5.32 Å². The summed E-state index contributed by atoms with van der Waals surface area (Å²) in [5, 5.41) is 3.06. The Morgan fingerprint density at radius 1 is 1.16 bits per heavy atom. The van der Waals surface area contributed by atoms with Gasteiger partial charge < -0.3 is 33.7 Å². The Morgan fingerprint density at radius 3 is 2.53 bits per heavy atom. The minimum absolute atomic E-state index is 0.0365. The highest BCUT2D eigenvalue weighted by Crippen LogP contribution is 2.44. The molecule has 0 aromatic heterocycles. The zero-order chi connectivity index (χ0) is 27.9. The first kappa shape index (κ1) is 30.5. The summed E-state index contributed by atoms with van der Waals surface area (Å²) in [7, 11) is 4.66. The van der Waals surface area contributed by atoms with Gasteiger partial charge >= 0.3 is 5.97 Å². The quantitative estimate of drug-likeness (QED) is 0.186. The van der Waals surface area contributed by atoms with Crippen LogP contribution in [0.1, 0.15) is 53.4 Å². The lowest BCUT2D eigenvalue weighted by molar-refractivity contribution is -0.162. The van der Waals surface area contributed by atoms with E-state index in [2.05, 4.69) is 18.3 Å². The van der Waals surface area contributed by atoms with E-state index in [1.165, 1.54) is 13.2 Å². The molecule has 9 atom stereocenters. The standard InChI is InChI=1S/C29H45NO8/c1-18(9-12-25-28(35-7)29(17-36-29)16-22(38-25)15-27(32)34-6)8-11-24-19(2)14-23(21(4)37-24)30-26(31)13-10-20(3)33-5/h8-10,12-13,19-25,28H,11,14-17H2,1-7H3,(H,30,31)/b12-9+,13-10-,18-8+/t19?,20?,21?,22-,23?,24?,25?,28-,29?/m1/s1. The van der Waals surface area contributed by atoms with Gasteiger partial charge in [-0.3, -0.25) is 9.59 Å². The van der Waals surface area contributed by atoms with E-state index < -0.39 is 5.60 Å². The molecule has 214 valence electrons. The van der Waals surface area contributed by atoms with Crippen LogP contribution in [0.5, 0.6) is 0 Å². The zero-order valence-electron chi connectivity index (χ0n) is 23.8. The highest BCUT2D eigenvalue weighted by molar-refractivity contribution is 5.87. The fourth-order valence-electron chi connectivity index (χ4n) is 5.26. The average molecular weight is 536 g/mol. The van der Waals surface area contributed by atoms with Crippen molar-refractivity contribution < 1.29 is 38.0 Å². The molecule has 3 aliphatic rings. The van der Waals surface area contributed by atoms with Crippen LogP contribution in [0.2, 0.25) is 0 Å². The predicted molar refractivity (Wildman–Crippen MR) is 143 cm³/mol. The van der Waals surface area contributed by atoms with Crippen LogP contribution in [0.4, 0.5) is 0 Å². The molecule has 3 rings (SSSR count). The third kappa shape index (κ3) is 8.23. The van der Waals surface area contributed by atoms with Gasteiger partial charge in [-0.15, -0.1) is 0 Å². The maximum absolute atomic E-state index is 12.3. The van der Waals surface area contributed by atoms with E-state index in [1.54, 1.807) is 20.3 Å². The first-order valence-corrected chi connectivity index (χ1v) is 13.5. The van der Waals surface area contributed by atoms with Crippen molar-refractivity contribution in [3.05, 3.63) is 36.0 Å². The van der Waals surface area contributed by atoms with Crippen LogP contribution in [0, 0.1) is 5.92 Å². The molecule has 3 heterocycles. The number of epoxide rings is 1. The van der Waals surface area contributed by atoms with Crippen molar-refractivity contribution in [3.8, 4) is 0 Å². The van der Waals surface area contributed by atoms with Crippen LogP contribution in [0.3, 0.4) is 0 Å². The normalized spacial score (nSPS) is 36.5. The van der Waals surface area contributed by atoms with Gasteiger partial charge in [-0.05, 0) is 39.5 Å². The number of hydrogen-bond acceptors (Lipinski definition) is 8. The maximum Gasteiger partial charge on any atom is 0.308 e. The molecule has 0 aromatic rings. The Kier molecular flexibility index (Phi) is 11.1. The fourth-order valence-corrected chi connectivity index (χ4v) is 5.26. The third-order valence-corrected chi connectivity index (χ3v) is 7.79. The first-order valence-electron chi connectivity index (χ1n) is 13.5. The third-order valence-electron chi connectivity index (χ3n) is 7.79. The summed E-state index contributed by atoms with van der Waals surface area (Å²) in [6, 6.07) is -0.0365. The number of rotatable bonds is 11. The summed E-state index contributed by atoms with van der Waals surface area (Å²) in [4.78, 5) is 24.1. The molecule has 7 unspecified atom stereocenters. The van der Waals surface area contributed by atoms with Crippen molar-refractivity contribution in [2.45, 2.75) is 102 Å². The SMILES string of the molecule is COC(=O)C[C@@H]1CC2(CO2)[C@H](OC)C(/C=C/C(C)=C/CC2OC(C)C(NC(=O)/C=C\C(C)OC)CC2C)O1. The number of hydrogen-bond donors (Lipinski definition) is 1. The van der Waals surface area contributed by atoms with Gasteiger partial charge in [0.05, 0.1) is 50.6 Å². The second-order valence-corrected chi connectivity index (χ2v) is 10.8. The minimum atomic E-state index is -0.399. The van der Waals surface area contributed by atoms with Crippen molar-refractivity contribution >= 4 is 11.9 Å². The Hall–Kier alpha value is -2.04. The number of ether oxygens (including phenoxy) is 6. The Bertz CT molecular complexity index is 895. The molecule has 1 amide bonds. The van der Waals surface area contributed by atoms with Gasteiger partial charge in [0.25, 0.3) is 0 Å². The van der Waals surface area contributed by atoms with Gasteiger partial charge in [-0.1, -0.05) is 36.8 Å². The molecule has 0 radical (unpaired) electrons. The monoisotopic (exact) mass is 535 g/mol. The van der Waals surface area contributed by atoms with E-state index in [4.69, 9.17) is 28.4 Å². The van der Waals surface area contributed by atoms with Crippen LogP contribution < -0.4 is 5.32 Å². The molecule has 3 fully saturated rings. The second-order valence-electron chi connectivity index (χ2n) is 10.8. The van der Waals surface area contributed by atoms with Crippen LogP contribution in [0.25, 0.3) is 0 Å². The topological polar surface area (TPSA) is 105 Å². The largest absolute Gasteiger partial charge is 0.469 e. The molecule has 3 aliphatic heterocycles. The lowest BCUT2D eigenvalue weighted by Gasteiger charge is -2.39. The van der Waals surface area contributed by atoms with Gasteiger partial charge in [-0.25, -0.2) is 0 Å². The van der Waals surface area contributed by atoms with Crippen molar-refractivity contribution in [3.63, 3.8) is 0 Å². The maximum atomic E-state index is 12.3. The molecule has 0 aromatic carbocycles. The number of allylic oxidation sites excluding steroid dienone is 2. The van der Waals surface area contributed by atoms with Gasteiger partial charge in [0.2, 0.25) is 5.91 Å². The molecule has 0 aliphatic carbocycles. The molecule has 0 saturated carbocycles. The van der Waals surface area contributed by atoms with Gasteiger partial charge in [0.1, 0.15) is 17.8 Å². The Balaban J connectivity index is 1.54. The number of esters is 1. The zero-order valence-corrected chi connectivity index (χ0v) is 23.8. The second kappa shape index (κ2) is 13.8. The molecule has 9 nitrogen and oxygen atoms in total. The summed E-state index contributed by atoms with van der Waals surface area (Å²) < 4.78 is 34.0. The van der Waals surface area contributed by atoms with Crippen LogP contribution in [-0.2, 0) is 38.0 Å².